The predicted molar refractivity (Wildman–Crippen MR) is 117 cm³/mol. The summed E-state index contributed by atoms with van der Waals surface area (Å²) in [6, 6.07) is 1.84. The number of rotatable bonds is 4. The first kappa shape index (κ1) is 21.4. The van der Waals surface area contributed by atoms with Crippen molar-refractivity contribution in [3.05, 3.63) is 35.5 Å². The van der Waals surface area contributed by atoms with Crippen LogP contribution in [0.5, 0.6) is 0 Å². The lowest BCUT2D eigenvalue weighted by Crippen LogP contribution is -2.53. The van der Waals surface area contributed by atoms with Crippen LogP contribution in [0.1, 0.15) is 29.9 Å². The summed E-state index contributed by atoms with van der Waals surface area (Å²) in [6.45, 7) is 10.5. The van der Waals surface area contributed by atoms with Gasteiger partial charge in [0.15, 0.2) is 5.96 Å². The normalized spacial score (nSPS) is 16.1. The van der Waals surface area contributed by atoms with E-state index in [1.165, 1.54) is 5.56 Å². The lowest BCUT2D eigenvalue weighted by molar-refractivity contribution is 0.369. The van der Waals surface area contributed by atoms with Gasteiger partial charge in [0, 0.05) is 63.6 Å². The molecule has 1 atom stereocenters. The Morgan fingerprint density at radius 3 is 2.44 bits per heavy atom. The highest BCUT2D eigenvalue weighted by Crippen LogP contribution is 2.22. The van der Waals surface area contributed by atoms with Crippen molar-refractivity contribution in [1.82, 2.24) is 25.3 Å². The number of nitrogens with zero attached hydrogens (tertiary/aromatic N) is 6. The fourth-order valence-corrected chi connectivity index (χ4v) is 3.45. The van der Waals surface area contributed by atoms with Crippen LogP contribution in [0.4, 0.5) is 5.95 Å². The van der Waals surface area contributed by atoms with Crippen LogP contribution >= 0.6 is 24.0 Å². The molecule has 1 aliphatic rings. The van der Waals surface area contributed by atoms with E-state index in [0.29, 0.717) is 5.92 Å². The third-order valence-corrected chi connectivity index (χ3v) is 4.77. The second-order valence-corrected chi connectivity index (χ2v) is 6.59. The molecule has 8 nitrogen and oxygen atoms in total. The van der Waals surface area contributed by atoms with Crippen LogP contribution in [-0.4, -0.2) is 65.8 Å². The maximum Gasteiger partial charge on any atom is 0.225 e. The minimum absolute atomic E-state index is 0. The van der Waals surface area contributed by atoms with Gasteiger partial charge in [-0.15, -0.1) is 24.0 Å². The van der Waals surface area contributed by atoms with E-state index in [2.05, 4.69) is 42.2 Å². The average Bonchev–Trinajstić information content (AvgIpc) is 3.01. The minimum Gasteiger partial charge on any atom is -0.361 e. The van der Waals surface area contributed by atoms with Gasteiger partial charge in [-0.25, -0.2) is 9.97 Å². The van der Waals surface area contributed by atoms with Crippen molar-refractivity contribution in [2.24, 2.45) is 4.99 Å². The minimum atomic E-state index is 0. The molecule has 1 fully saturated rings. The summed E-state index contributed by atoms with van der Waals surface area (Å²) >= 11 is 0. The number of hydrogen-bond donors (Lipinski definition) is 1. The molecule has 0 aliphatic carbocycles. The molecule has 0 bridgehead atoms. The summed E-state index contributed by atoms with van der Waals surface area (Å²) in [4.78, 5) is 17.6. The Bertz CT molecular complexity index is 722. The summed E-state index contributed by atoms with van der Waals surface area (Å²) in [5.74, 6) is 2.92. The largest absolute Gasteiger partial charge is 0.361 e. The summed E-state index contributed by atoms with van der Waals surface area (Å²) in [5, 5.41) is 7.54. The molecule has 1 unspecified atom stereocenters. The molecular formula is C18H28IN7O. The first-order valence-corrected chi connectivity index (χ1v) is 9.00. The van der Waals surface area contributed by atoms with E-state index >= 15 is 0 Å². The van der Waals surface area contributed by atoms with Crippen LogP contribution in [0.3, 0.4) is 0 Å². The topological polar surface area (TPSA) is 82.7 Å². The number of halogens is 1. The Kier molecular flexibility index (Phi) is 7.81. The Morgan fingerprint density at radius 2 is 1.89 bits per heavy atom. The molecule has 1 aliphatic heterocycles. The van der Waals surface area contributed by atoms with Gasteiger partial charge < -0.3 is 19.6 Å². The zero-order valence-electron chi connectivity index (χ0n) is 16.3. The van der Waals surface area contributed by atoms with Gasteiger partial charge in [-0.2, -0.15) is 0 Å². The molecule has 0 amide bonds. The third-order valence-electron chi connectivity index (χ3n) is 4.77. The molecule has 2 aromatic heterocycles. The maximum absolute atomic E-state index is 5.28. The second kappa shape index (κ2) is 9.86. The number of aliphatic imine (C=N–C) groups is 1. The fraction of sp³-hybridized carbons (Fsp3) is 0.556. The van der Waals surface area contributed by atoms with E-state index in [9.17, 15) is 0 Å². The highest BCUT2D eigenvalue weighted by molar-refractivity contribution is 14.0. The fourth-order valence-electron chi connectivity index (χ4n) is 3.45. The van der Waals surface area contributed by atoms with Crippen molar-refractivity contribution >= 4 is 35.9 Å². The second-order valence-electron chi connectivity index (χ2n) is 6.59. The van der Waals surface area contributed by atoms with Crippen molar-refractivity contribution < 1.29 is 4.52 Å². The standard InChI is InChI=1S/C18H27N7O.HI/c1-13(16-14(2)23-26-15(16)3)12-22-17(19-4)24-8-10-25(11-9-24)18-20-6-5-7-21-18;/h5-7,13H,8-12H2,1-4H3,(H,19,22);1H. The highest BCUT2D eigenvalue weighted by atomic mass is 127. The number of hydrogen-bond acceptors (Lipinski definition) is 6. The molecule has 27 heavy (non-hydrogen) atoms. The van der Waals surface area contributed by atoms with Crippen LogP contribution in [-0.2, 0) is 0 Å². The summed E-state index contributed by atoms with van der Waals surface area (Å²) in [5.41, 5.74) is 2.14. The SMILES string of the molecule is CN=C(NCC(C)c1c(C)noc1C)N1CCN(c2ncccn2)CC1.I. The van der Waals surface area contributed by atoms with Crippen LogP contribution in [0.25, 0.3) is 0 Å². The Hall–Kier alpha value is -1.91. The predicted octanol–water partition coefficient (Wildman–Crippen LogP) is 2.20. The van der Waals surface area contributed by atoms with Crippen LogP contribution in [0.15, 0.2) is 28.0 Å². The molecule has 2 aromatic rings. The molecule has 3 heterocycles. The molecule has 0 aromatic carbocycles. The van der Waals surface area contributed by atoms with E-state index in [-0.39, 0.29) is 24.0 Å². The summed E-state index contributed by atoms with van der Waals surface area (Å²) < 4.78 is 5.28. The van der Waals surface area contributed by atoms with Crippen molar-refractivity contribution in [3.8, 4) is 0 Å². The summed E-state index contributed by atoms with van der Waals surface area (Å²) in [6.07, 6.45) is 3.57. The number of aromatic nitrogens is 3. The molecule has 9 heteroatoms. The molecule has 1 N–H and O–H groups in total. The van der Waals surface area contributed by atoms with Gasteiger partial charge in [-0.1, -0.05) is 12.1 Å². The Balaban J connectivity index is 0.00000261. The van der Waals surface area contributed by atoms with Gasteiger partial charge >= 0.3 is 0 Å². The maximum atomic E-state index is 5.28. The van der Waals surface area contributed by atoms with E-state index < -0.39 is 0 Å². The molecule has 3 rings (SSSR count). The molecule has 0 spiro atoms. The van der Waals surface area contributed by atoms with Crippen LogP contribution in [0.2, 0.25) is 0 Å². The van der Waals surface area contributed by atoms with Gasteiger partial charge in [-0.3, -0.25) is 4.99 Å². The monoisotopic (exact) mass is 485 g/mol. The smallest absolute Gasteiger partial charge is 0.225 e. The van der Waals surface area contributed by atoms with Crippen molar-refractivity contribution in [3.63, 3.8) is 0 Å². The highest BCUT2D eigenvalue weighted by Gasteiger charge is 2.22. The number of aryl methyl sites for hydroxylation is 2. The van der Waals surface area contributed by atoms with E-state index in [1.807, 2.05) is 27.0 Å². The molecular weight excluding hydrogens is 457 g/mol. The Labute approximate surface area is 177 Å². The quantitative estimate of drug-likeness (QED) is 0.404. The molecule has 1 saturated heterocycles. The van der Waals surface area contributed by atoms with E-state index in [4.69, 9.17) is 4.52 Å². The van der Waals surface area contributed by atoms with Crippen LogP contribution < -0.4 is 10.2 Å². The zero-order chi connectivity index (χ0) is 18.5. The molecule has 148 valence electrons. The molecule has 0 radical (unpaired) electrons. The number of anilines is 1. The van der Waals surface area contributed by atoms with E-state index in [1.54, 1.807) is 12.4 Å². The molecule has 0 saturated carbocycles. The van der Waals surface area contributed by atoms with Crippen LogP contribution in [0, 0.1) is 13.8 Å². The average molecular weight is 485 g/mol. The lowest BCUT2D eigenvalue weighted by atomic mass is 10.00. The van der Waals surface area contributed by atoms with Gasteiger partial charge in [0.2, 0.25) is 5.95 Å². The van der Waals surface area contributed by atoms with Crippen molar-refractivity contribution in [2.45, 2.75) is 26.7 Å². The number of nitrogens with one attached hydrogen (secondary N) is 1. The third kappa shape index (κ3) is 5.08. The zero-order valence-corrected chi connectivity index (χ0v) is 18.7. The van der Waals surface area contributed by atoms with Gasteiger partial charge in [-0.05, 0) is 19.9 Å². The van der Waals surface area contributed by atoms with Gasteiger partial charge in [0.1, 0.15) is 5.76 Å². The number of piperazine rings is 1. The Morgan fingerprint density at radius 1 is 1.22 bits per heavy atom. The lowest BCUT2D eigenvalue weighted by Gasteiger charge is -2.36. The number of guanidine groups is 1. The van der Waals surface area contributed by atoms with Gasteiger partial charge in [0.25, 0.3) is 0 Å². The first-order chi connectivity index (χ1) is 12.6. The van der Waals surface area contributed by atoms with E-state index in [0.717, 1.165) is 56.1 Å². The van der Waals surface area contributed by atoms with Crippen molar-refractivity contribution in [1.29, 1.82) is 0 Å². The summed E-state index contributed by atoms with van der Waals surface area (Å²) in [7, 11) is 1.83. The van der Waals surface area contributed by atoms with Crippen molar-refractivity contribution in [2.75, 3.05) is 44.7 Å². The first-order valence-electron chi connectivity index (χ1n) is 9.00. The van der Waals surface area contributed by atoms with Gasteiger partial charge in [0.05, 0.1) is 5.69 Å².